The molecule has 1 N–H and O–H groups in total. The number of terminal acetylenes is 1. The summed E-state index contributed by atoms with van der Waals surface area (Å²) in [6.45, 7) is 0. The van der Waals surface area contributed by atoms with Crippen LogP contribution in [0.4, 0.5) is 4.39 Å². The fourth-order valence-electron chi connectivity index (χ4n) is 2.82. The van der Waals surface area contributed by atoms with Crippen LogP contribution in [0.1, 0.15) is 24.4 Å². The molecule has 0 radical (unpaired) electrons. The number of amides is 2. The summed E-state index contributed by atoms with van der Waals surface area (Å²) < 4.78 is 16.2. The fourth-order valence-corrected chi connectivity index (χ4v) is 2.82. The number of imidazole rings is 1. The molecule has 1 aliphatic heterocycles. The van der Waals surface area contributed by atoms with Gasteiger partial charge in [0.2, 0.25) is 11.8 Å². The van der Waals surface area contributed by atoms with Crippen LogP contribution in [-0.4, -0.2) is 20.9 Å². The van der Waals surface area contributed by atoms with E-state index in [-0.39, 0.29) is 29.8 Å². The molecule has 0 bridgehead atoms. The SMILES string of the molecule is C#Cc1cc(F)cc2c1n(C)c(=O)n2C1CCC(=O)NC1=O. The van der Waals surface area contributed by atoms with Gasteiger partial charge in [-0.25, -0.2) is 9.18 Å². The van der Waals surface area contributed by atoms with Gasteiger partial charge >= 0.3 is 5.69 Å². The quantitative estimate of drug-likeness (QED) is 0.613. The van der Waals surface area contributed by atoms with Gasteiger partial charge in [-0.05, 0) is 18.6 Å². The van der Waals surface area contributed by atoms with Crippen molar-refractivity contribution in [3.63, 3.8) is 0 Å². The van der Waals surface area contributed by atoms with Crippen LogP contribution in [0.25, 0.3) is 11.0 Å². The Kier molecular flexibility index (Phi) is 3.10. The van der Waals surface area contributed by atoms with E-state index in [1.165, 1.54) is 22.2 Å². The molecule has 1 aromatic carbocycles. The lowest BCUT2D eigenvalue weighted by Crippen LogP contribution is -2.44. The highest BCUT2D eigenvalue weighted by Gasteiger charge is 2.31. The van der Waals surface area contributed by atoms with E-state index in [0.29, 0.717) is 5.52 Å². The predicted octanol–water partition coefficient (Wildman–Crippen LogP) is 0.438. The van der Waals surface area contributed by atoms with E-state index < -0.39 is 23.5 Å². The van der Waals surface area contributed by atoms with Gasteiger partial charge in [-0.1, -0.05) is 5.92 Å². The lowest BCUT2D eigenvalue weighted by Gasteiger charge is -2.21. The first-order chi connectivity index (χ1) is 10.4. The molecule has 3 rings (SSSR count). The number of hydrogen-bond donors (Lipinski definition) is 1. The Balaban J connectivity index is 2.31. The van der Waals surface area contributed by atoms with E-state index in [9.17, 15) is 18.8 Å². The maximum atomic E-state index is 13.8. The number of aryl methyl sites for hydroxylation is 1. The second kappa shape index (κ2) is 4.84. The highest BCUT2D eigenvalue weighted by Crippen LogP contribution is 2.25. The number of nitrogens with one attached hydrogen (secondary N) is 1. The molecule has 0 spiro atoms. The monoisotopic (exact) mass is 301 g/mol. The van der Waals surface area contributed by atoms with Gasteiger partial charge in [-0.2, -0.15) is 0 Å². The Morgan fingerprint density at radius 3 is 2.73 bits per heavy atom. The average molecular weight is 301 g/mol. The molecular formula is C15H12FN3O3. The maximum Gasteiger partial charge on any atom is 0.329 e. The zero-order valence-electron chi connectivity index (χ0n) is 11.7. The standard InChI is InChI=1S/C15H12FN3O3/c1-3-8-6-9(16)7-11-13(8)18(2)15(22)19(11)10-4-5-12(20)17-14(10)21/h1,6-7,10H,4-5H2,2H3,(H,17,20,21). The molecule has 2 amide bonds. The summed E-state index contributed by atoms with van der Waals surface area (Å²) in [5, 5.41) is 2.19. The second-order valence-corrected chi connectivity index (χ2v) is 5.14. The number of halogens is 1. The molecule has 2 heterocycles. The van der Waals surface area contributed by atoms with Crippen molar-refractivity contribution in [3.8, 4) is 12.3 Å². The van der Waals surface area contributed by atoms with Crippen molar-refractivity contribution in [2.75, 3.05) is 0 Å². The number of benzene rings is 1. The Labute approximate surface area is 124 Å². The Morgan fingerprint density at radius 2 is 2.09 bits per heavy atom. The van der Waals surface area contributed by atoms with E-state index in [2.05, 4.69) is 11.2 Å². The minimum atomic E-state index is -0.860. The Morgan fingerprint density at radius 1 is 1.36 bits per heavy atom. The maximum absolute atomic E-state index is 13.8. The number of aromatic nitrogens is 2. The summed E-state index contributed by atoms with van der Waals surface area (Å²) in [5.41, 5.74) is 0.390. The molecule has 1 aliphatic rings. The van der Waals surface area contributed by atoms with Crippen LogP contribution in [0.15, 0.2) is 16.9 Å². The lowest BCUT2D eigenvalue weighted by molar-refractivity contribution is -0.135. The van der Waals surface area contributed by atoms with E-state index in [1.807, 2.05) is 0 Å². The van der Waals surface area contributed by atoms with E-state index in [1.54, 1.807) is 0 Å². The highest BCUT2D eigenvalue weighted by atomic mass is 19.1. The summed E-state index contributed by atoms with van der Waals surface area (Å²) in [6, 6.07) is 1.47. The fraction of sp³-hybridized carbons (Fsp3) is 0.267. The van der Waals surface area contributed by atoms with Crippen molar-refractivity contribution >= 4 is 22.8 Å². The van der Waals surface area contributed by atoms with E-state index in [0.717, 1.165) is 6.07 Å². The topological polar surface area (TPSA) is 73.1 Å². The van der Waals surface area contributed by atoms with Gasteiger partial charge in [-0.15, -0.1) is 6.42 Å². The molecule has 1 fully saturated rings. The van der Waals surface area contributed by atoms with E-state index in [4.69, 9.17) is 6.42 Å². The first-order valence-electron chi connectivity index (χ1n) is 6.65. The summed E-state index contributed by atoms with van der Waals surface area (Å²) in [7, 11) is 1.51. The van der Waals surface area contributed by atoms with Crippen LogP contribution in [0.2, 0.25) is 0 Å². The van der Waals surface area contributed by atoms with Gasteiger partial charge in [0.05, 0.1) is 16.6 Å². The smallest absolute Gasteiger partial charge is 0.295 e. The van der Waals surface area contributed by atoms with Crippen LogP contribution in [0.5, 0.6) is 0 Å². The van der Waals surface area contributed by atoms with Gasteiger partial charge in [-0.3, -0.25) is 24.0 Å². The molecular weight excluding hydrogens is 289 g/mol. The third kappa shape index (κ3) is 1.92. The largest absolute Gasteiger partial charge is 0.329 e. The minimum absolute atomic E-state index is 0.122. The molecule has 0 saturated carbocycles. The number of carbonyl (C=O) groups is 2. The molecule has 22 heavy (non-hydrogen) atoms. The van der Waals surface area contributed by atoms with Crippen molar-refractivity contribution in [2.45, 2.75) is 18.9 Å². The van der Waals surface area contributed by atoms with Crippen molar-refractivity contribution in [1.29, 1.82) is 0 Å². The first-order valence-corrected chi connectivity index (χ1v) is 6.65. The molecule has 7 heteroatoms. The van der Waals surface area contributed by atoms with Gasteiger partial charge < -0.3 is 0 Å². The first kappa shape index (κ1) is 14.1. The summed E-state index contributed by atoms with van der Waals surface area (Å²) in [6.07, 6.45) is 5.68. The van der Waals surface area contributed by atoms with Crippen LogP contribution < -0.4 is 11.0 Å². The third-order valence-electron chi connectivity index (χ3n) is 3.82. The molecule has 0 aliphatic carbocycles. The van der Waals surface area contributed by atoms with Crippen molar-refractivity contribution < 1.29 is 14.0 Å². The van der Waals surface area contributed by atoms with Crippen LogP contribution in [-0.2, 0) is 16.6 Å². The van der Waals surface area contributed by atoms with Crippen molar-refractivity contribution in [2.24, 2.45) is 7.05 Å². The Bertz CT molecular complexity index is 917. The minimum Gasteiger partial charge on any atom is -0.295 e. The molecule has 1 aromatic heterocycles. The molecule has 1 saturated heterocycles. The van der Waals surface area contributed by atoms with Crippen molar-refractivity contribution in [1.82, 2.24) is 14.5 Å². The van der Waals surface area contributed by atoms with Crippen LogP contribution in [0.3, 0.4) is 0 Å². The van der Waals surface area contributed by atoms with Gasteiger partial charge in [0, 0.05) is 13.5 Å². The zero-order valence-corrected chi connectivity index (χ0v) is 11.7. The summed E-state index contributed by atoms with van der Waals surface area (Å²) >= 11 is 0. The van der Waals surface area contributed by atoms with Gasteiger partial charge in [0.15, 0.2) is 0 Å². The number of fused-ring (bicyclic) bond motifs is 1. The average Bonchev–Trinajstić information content (AvgIpc) is 2.71. The second-order valence-electron chi connectivity index (χ2n) is 5.14. The summed E-state index contributed by atoms with van der Waals surface area (Å²) in [5.74, 6) is 0.799. The molecule has 1 atom stereocenters. The van der Waals surface area contributed by atoms with Gasteiger partial charge in [0.1, 0.15) is 11.9 Å². The predicted molar refractivity (Wildman–Crippen MR) is 76.5 cm³/mol. The normalized spacial score (nSPS) is 18.3. The van der Waals surface area contributed by atoms with Gasteiger partial charge in [0.25, 0.3) is 0 Å². The van der Waals surface area contributed by atoms with Crippen molar-refractivity contribution in [3.05, 3.63) is 34.0 Å². The number of piperidine rings is 1. The number of imide groups is 1. The zero-order chi connectivity index (χ0) is 16.0. The number of hydrogen-bond acceptors (Lipinski definition) is 3. The molecule has 112 valence electrons. The Hall–Kier alpha value is -2.88. The van der Waals surface area contributed by atoms with E-state index >= 15 is 0 Å². The van der Waals surface area contributed by atoms with Crippen LogP contribution >= 0.6 is 0 Å². The molecule has 2 aromatic rings. The number of nitrogens with zero attached hydrogens (tertiary/aromatic N) is 2. The highest BCUT2D eigenvalue weighted by molar-refractivity contribution is 6.00. The number of rotatable bonds is 1. The third-order valence-corrected chi connectivity index (χ3v) is 3.82. The molecule has 1 unspecified atom stereocenters. The summed E-state index contributed by atoms with van der Waals surface area (Å²) in [4.78, 5) is 35.7. The number of carbonyl (C=O) groups excluding carboxylic acids is 2. The van der Waals surface area contributed by atoms with Crippen LogP contribution in [0, 0.1) is 18.2 Å². The molecule has 6 nitrogen and oxygen atoms in total. The lowest BCUT2D eigenvalue weighted by atomic mass is 10.1.